The second kappa shape index (κ2) is 9.00. The first-order chi connectivity index (χ1) is 11.3. The van der Waals surface area contributed by atoms with Gasteiger partial charge in [-0.2, -0.15) is 17.7 Å². The van der Waals surface area contributed by atoms with Gasteiger partial charge in [-0.3, -0.25) is 4.79 Å². The Morgan fingerprint density at radius 3 is 2.79 bits per heavy atom. The summed E-state index contributed by atoms with van der Waals surface area (Å²) in [7, 11) is -4.10. The predicted molar refractivity (Wildman–Crippen MR) is 94.5 cm³/mol. The molecule has 0 saturated heterocycles. The van der Waals surface area contributed by atoms with Gasteiger partial charge < -0.3 is 0 Å². The molecule has 6 nitrogen and oxygen atoms in total. The molecule has 0 aliphatic carbocycles. The first-order valence-corrected chi connectivity index (χ1v) is 8.99. The third kappa shape index (κ3) is 5.19. The van der Waals surface area contributed by atoms with Crippen molar-refractivity contribution in [3.8, 4) is 0 Å². The van der Waals surface area contributed by atoms with Gasteiger partial charge in [0.05, 0.1) is 15.7 Å². The monoisotopic (exact) mass is 391 g/mol. The topological polar surface area (TPSA) is 78.8 Å². The van der Waals surface area contributed by atoms with E-state index >= 15 is 0 Å². The van der Waals surface area contributed by atoms with Gasteiger partial charge in [-0.15, -0.1) is 6.58 Å². The summed E-state index contributed by atoms with van der Waals surface area (Å²) in [5, 5.41) is 1.71. The summed E-state index contributed by atoms with van der Waals surface area (Å²) in [5.41, 5.74) is -0.519. The number of hydrogen-bond donors (Lipinski definition) is 1. The number of aliphatic imine (C=N–C) groups is 1. The Kier molecular flexibility index (Phi) is 7.65. The maximum atomic E-state index is 13.6. The van der Waals surface area contributed by atoms with Gasteiger partial charge in [0.2, 0.25) is 0 Å². The number of hydrogen-bond acceptors (Lipinski definition) is 5. The molecule has 0 heterocycles. The lowest BCUT2D eigenvalue weighted by atomic mass is 10.2. The first-order valence-electron chi connectivity index (χ1n) is 6.76. The average Bonchev–Trinajstić information content (AvgIpc) is 2.49. The maximum Gasteiger partial charge on any atom is 0.304 e. The van der Waals surface area contributed by atoms with Crippen LogP contribution < -0.4 is 4.72 Å². The molecule has 10 heteroatoms. The van der Waals surface area contributed by atoms with Crippen LogP contribution in [0.25, 0.3) is 0 Å². The average molecular weight is 392 g/mol. The smallest absolute Gasteiger partial charge is 0.268 e. The van der Waals surface area contributed by atoms with Gasteiger partial charge >= 0.3 is 10.2 Å². The second-order valence-corrected chi connectivity index (χ2v) is 6.83. The Labute approximate surface area is 150 Å². The molecular formula is C14H15ClFN3O3S2. The van der Waals surface area contributed by atoms with Crippen LogP contribution in [-0.2, 0) is 10.2 Å². The molecule has 0 atom stereocenters. The molecule has 0 saturated carbocycles. The zero-order valence-corrected chi connectivity index (χ0v) is 15.1. The fourth-order valence-corrected chi connectivity index (χ4v) is 3.32. The Balaban J connectivity index is 3.16. The second-order valence-electron chi connectivity index (χ2n) is 4.57. The quantitative estimate of drug-likeness (QED) is 0.419. The molecule has 1 N–H and O–H groups in total. The molecule has 0 aromatic heterocycles. The van der Waals surface area contributed by atoms with E-state index in [-0.39, 0.29) is 29.4 Å². The minimum absolute atomic E-state index is 0.0358. The summed E-state index contributed by atoms with van der Waals surface area (Å²) in [6, 6.07) is 1.85. The fourth-order valence-electron chi connectivity index (χ4n) is 1.79. The molecule has 0 aliphatic rings. The van der Waals surface area contributed by atoms with E-state index < -0.39 is 21.9 Å². The first kappa shape index (κ1) is 20.4. The van der Waals surface area contributed by atoms with E-state index in [1.54, 1.807) is 6.92 Å². The van der Waals surface area contributed by atoms with Crippen LogP contribution in [-0.4, -0.2) is 36.9 Å². The molecular weight excluding hydrogens is 377 g/mol. The van der Waals surface area contributed by atoms with E-state index in [0.717, 1.165) is 16.4 Å². The van der Waals surface area contributed by atoms with E-state index in [9.17, 15) is 17.6 Å². The number of halogens is 2. The highest BCUT2D eigenvalue weighted by Crippen LogP contribution is 2.26. The third-order valence-electron chi connectivity index (χ3n) is 2.81. The van der Waals surface area contributed by atoms with E-state index in [0.29, 0.717) is 6.42 Å². The van der Waals surface area contributed by atoms with Crippen molar-refractivity contribution in [1.82, 2.24) is 9.03 Å². The van der Waals surface area contributed by atoms with Crippen molar-refractivity contribution in [3.05, 3.63) is 41.2 Å². The summed E-state index contributed by atoms with van der Waals surface area (Å²) in [6.07, 6.45) is 1.95. The van der Waals surface area contributed by atoms with Crippen molar-refractivity contribution in [2.24, 2.45) is 4.99 Å². The largest absolute Gasteiger partial charge is 0.304 e. The Bertz CT molecular complexity index is 793. The molecule has 24 heavy (non-hydrogen) atoms. The zero-order valence-electron chi connectivity index (χ0n) is 12.8. The molecule has 1 rings (SSSR count). The van der Waals surface area contributed by atoms with Crippen LogP contribution in [0.15, 0.2) is 29.8 Å². The van der Waals surface area contributed by atoms with E-state index in [1.807, 2.05) is 9.88 Å². The number of carbonyl (C=O) groups is 1. The molecule has 0 unspecified atom stereocenters. The number of nitrogens with one attached hydrogen (secondary N) is 1. The van der Waals surface area contributed by atoms with Gasteiger partial charge in [-0.05, 0) is 30.8 Å². The third-order valence-corrected chi connectivity index (χ3v) is 4.67. The SMILES string of the molecule is C=CCN(CCC)S(=O)(=O)NC(=O)c1cc(N=C=S)c(F)cc1Cl. The van der Waals surface area contributed by atoms with Crippen molar-refractivity contribution in [2.75, 3.05) is 13.1 Å². The number of carbonyl (C=O) groups excluding carboxylic acids is 1. The number of benzene rings is 1. The zero-order chi connectivity index (χ0) is 18.3. The lowest BCUT2D eigenvalue weighted by molar-refractivity contribution is 0.0979. The highest BCUT2D eigenvalue weighted by molar-refractivity contribution is 7.87. The summed E-state index contributed by atoms with van der Waals surface area (Å²) in [6.45, 7) is 5.51. The van der Waals surface area contributed by atoms with Crippen molar-refractivity contribution < 1.29 is 17.6 Å². The predicted octanol–water partition coefficient (Wildman–Crippen LogP) is 3.09. The number of amides is 1. The molecule has 0 fully saturated rings. The summed E-state index contributed by atoms with van der Waals surface area (Å²) >= 11 is 10.2. The molecule has 1 aromatic carbocycles. The molecule has 0 spiro atoms. The van der Waals surface area contributed by atoms with Gasteiger partial charge in [0.1, 0.15) is 5.69 Å². The van der Waals surface area contributed by atoms with Crippen LogP contribution in [0.5, 0.6) is 0 Å². The van der Waals surface area contributed by atoms with Gasteiger partial charge in [0, 0.05) is 13.1 Å². The number of thiocarbonyl (C=S) groups is 1. The van der Waals surface area contributed by atoms with Crippen molar-refractivity contribution in [3.63, 3.8) is 0 Å². The van der Waals surface area contributed by atoms with Crippen LogP contribution in [0.2, 0.25) is 5.02 Å². The Morgan fingerprint density at radius 2 is 2.25 bits per heavy atom. The number of isothiocyanates is 1. The molecule has 1 amide bonds. The van der Waals surface area contributed by atoms with Crippen molar-refractivity contribution in [2.45, 2.75) is 13.3 Å². The standard InChI is InChI=1S/C14H15ClFN3O3S2/c1-3-5-19(6-4-2)24(21,22)18-14(20)10-7-13(17-9-23)12(16)8-11(10)15/h3,7-8H,1,4-6H2,2H3,(H,18,20). The van der Waals surface area contributed by atoms with Gasteiger partial charge in [-0.1, -0.05) is 24.6 Å². The fraction of sp³-hybridized carbons (Fsp3) is 0.286. The number of nitrogens with zero attached hydrogens (tertiary/aromatic N) is 2. The van der Waals surface area contributed by atoms with Gasteiger partial charge in [0.15, 0.2) is 5.82 Å². The molecule has 0 bridgehead atoms. The van der Waals surface area contributed by atoms with Crippen molar-refractivity contribution >= 4 is 50.8 Å². The lowest BCUT2D eigenvalue weighted by Gasteiger charge is -2.20. The minimum Gasteiger partial charge on any atom is -0.268 e. The van der Waals surface area contributed by atoms with E-state index in [1.165, 1.54) is 6.08 Å². The van der Waals surface area contributed by atoms with Crippen LogP contribution >= 0.6 is 23.8 Å². The highest BCUT2D eigenvalue weighted by atomic mass is 35.5. The normalized spacial score (nSPS) is 11.0. The van der Waals surface area contributed by atoms with Gasteiger partial charge in [0.25, 0.3) is 5.91 Å². The lowest BCUT2D eigenvalue weighted by Crippen LogP contribution is -2.44. The minimum atomic E-state index is -4.10. The Morgan fingerprint density at radius 1 is 1.58 bits per heavy atom. The molecule has 1 aromatic rings. The van der Waals surface area contributed by atoms with Crippen LogP contribution in [0.4, 0.5) is 10.1 Å². The highest BCUT2D eigenvalue weighted by Gasteiger charge is 2.25. The van der Waals surface area contributed by atoms with Crippen LogP contribution in [0, 0.1) is 5.82 Å². The van der Waals surface area contributed by atoms with Gasteiger partial charge in [-0.25, -0.2) is 9.11 Å². The van der Waals surface area contributed by atoms with Crippen LogP contribution in [0.3, 0.4) is 0 Å². The summed E-state index contributed by atoms with van der Waals surface area (Å²) in [4.78, 5) is 15.7. The maximum absolute atomic E-state index is 13.6. The summed E-state index contributed by atoms with van der Waals surface area (Å²) < 4.78 is 41.1. The number of rotatable bonds is 8. The summed E-state index contributed by atoms with van der Waals surface area (Å²) in [5.74, 6) is -1.82. The molecule has 0 radical (unpaired) electrons. The molecule has 130 valence electrons. The van der Waals surface area contributed by atoms with E-state index in [4.69, 9.17) is 11.6 Å². The van der Waals surface area contributed by atoms with Crippen LogP contribution in [0.1, 0.15) is 23.7 Å². The molecule has 0 aliphatic heterocycles. The van der Waals surface area contributed by atoms with E-state index in [2.05, 4.69) is 23.8 Å². The van der Waals surface area contributed by atoms with Crippen molar-refractivity contribution in [1.29, 1.82) is 0 Å². The Hall–Kier alpha value is -1.64.